The van der Waals surface area contributed by atoms with Crippen molar-refractivity contribution in [2.75, 3.05) is 0 Å². The molecule has 0 radical (unpaired) electrons. The number of nitriles is 1. The van der Waals surface area contributed by atoms with Crippen molar-refractivity contribution in [3.63, 3.8) is 0 Å². The Bertz CT molecular complexity index is 389. The van der Waals surface area contributed by atoms with Gasteiger partial charge in [0.25, 0.3) is 0 Å². The van der Waals surface area contributed by atoms with E-state index in [2.05, 4.69) is 18.2 Å². The lowest BCUT2D eigenvalue weighted by Gasteiger charge is -2.20. The largest absolute Gasteiger partial charge is 0.197 e. The topological polar surface area (TPSA) is 23.8 Å². The zero-order chi connectivity index (χ0) is 10.0. The summed E-state index contributed by atoms with van der Waals surface area (Å²) in [6.07, 6.45) is 5.76. The van der Waals surface area contributed by atoms with Gasteiger partial charge < -0.3 is 0 Å². The lowest BCUT2D eigenvalue weighted by atomic mass is 9.80. The van der Waals surface area contributed by atoms with Gasteiger partial charge in [-0.15, -0.1) is 0 Å². The van der Waals surface area contributed by atoms with Gasteiger partial charge in [-0.05, 0) is 30.5 Å². The van der Waals surface area contributed by atoms with Crippen molar-refractivity contribution in [2.45, 2.75) is 18.3 Å². The van der Waals surface area contributed by atoms with Crippen LogP contribution in [0.25, 0.3) is 0 Å². The Hall–Kier alpha value is -1.26. The van der Waals surface area contributed by atoms with E-state index in [0.29, 0.717) is 5.02 Å². The Morgan fingerprint density at radius 3 is 2.21 bits per heavy atom. The van der Waals surface area contributed by atoms with Crippen molar-refractivity contribution in [3.8, 4) is 6.07 Å². The number of rotatable bonds is 1. The number of allylic oxidation sites excluding steroid dienone is 2. The van der Waals surface area contributed by atoms with Crippen molar-refractivity contribution in [1.82, 2.24) is 0 Å². The average molecular weight is 204 g/mol. The number of nitrogens with zero attached hydrogens (tertiary/aromatic N) is 1. The zero-order valence-corrected chi connectivity index (χ0v) is 8.46. The molecule has 0 saturated carbocycles. The lowest BCUT2D eigenvalue weighted by Crippen LogP contribution is -2.19. The highest BCUT2D eigenvalue weighted by Gasteiger charge is 2.32. The number of halogens is 1. The van der Waals surface area contributed by atoms with Gasteiger partial charge in [-0.3, -0.25) is 0 Å². The van der Waals surface area contributed by atoms with Gasteiger partial charge in [0.2, 0.25) is 0 Å². The zero-order valence-electron chi connectivity index (χ0n) is 7.70. The summed E-state index contributed by atoms with van der Waals surface area (Å²) < 4.78 is 0. The number of hydrogen-bond donors (Lipinski definition) is 0. The van der Waals surface area contributed by atoms with Gasteiger partial charge in [0.15, 0.2) is 0 Å². The third-order valence-corrected chi connectivity index (χ3v) is 2.96. The maximum Gasteiger partial charge on any atom is 0.0890 e. The van der Waals surface area contributed by atoms with Crippen LogP contribution in [-0.2, 0) is 5.41 Å². The Labute approximate surface area is 88.6 Å². The molecule has 0 aliphatic heterocycles. The molecule has 0 spiro atoms. The van der Waals surface area contributed by atoms with Crippen molar-refractivity contribution in [3.05, 3.63) is 47.0 Å². The molecule has 0 aromatic heterocycles. The van der Waals surface area contributed by atoms with E-state index in [1.165, 1.54) is 0 Å². The van der Waals surface area contributed by atoms with E-state index in [1.54, 1.807) is 0 Å². The maximum atomic E-state index is 9.22. The van der Waals surface area contributed by atoms with Crippen LogP contribution in [0.3, 0.4) is 0 Å². The summed E-state index contributed by atoms with van der Waals surface area (Å²) in [5.41, 5.74) is 0.722. The van der Waals surface area contributed by atoms with E-state index >= 15 is 0 Å². The summed E-state index contributed by atoms with van der Waals surface area (Å²) >= 11 is 5.81. The van der Waals surface area contributed by atoms with Crippen LogP contribution in [0.2, 0.25) is 5.02 Å². The summed E-state index contributed by atoms with van der Waals surface area (Å²) in [5.74, 6) is 0. The van der Waals surface area contributed by atoms with Gasteiger partial charge in [0, 0.05) is 5.02 Å². The van der Waals surface area contributed by atoms with Gasteiger partial charge in [-0.1, -0.05) is 35.9 Å². The summed E-state index contributed by atoms with van der Waals surface area (Å²) in [5, 5.41) is 9.93. The van der Waals surface area contributed by atoms with Crippen molar-refractivity contribution < 1.29 is 0 Å². The van der Waals surface area contributed by atoms with Gasteiger partial charge in [0.1, 0.15) is 0 Å². The molecule has 2 rings (SSSR count). The van der Waals surface area contributed by atoms with E-state index in [0.717, 1.165) is 18.4 Å². The minimum Gasteiger partial charge on any atom is -0.197 e. The summed E-state index contributed by atoms with van der Waals surface area (Å²) in [7, 11) is 0. The molecule has 0 N–H and O–H groups in total. The molecule has 0 fully saturated rings. The van der Waals surface area contributed by atoms with E-state index < -0.39 is 0 Å². The van der Waals surface area contributed by atoms with Crippen LogP contribution < -0.4 is 0 Å². The molecule has 0 bridgehead atoms. The van der Waals surface area contributed by atoms with E-state index in [1.807, 2.05) is 24.3 Å². The second-order valence-corrected chi connectivity index (χ2v) is 4.02. The normalized spacial score (nSPS) is 18.0. The van der Waals surface area contributed by atoms with Crippen LogP contribution >= 0.6 is 11.6 Å². The second kappa shape index (κ2) is 3.48. The highest BCUT2D eigenvalue weighted by molar-refractivity contribution is 6.30. The Kier molecular flexibility index (Phi) is 2.31. The molecule has 1 aliphatic rings. The molecule has 1 nitrogen and oxygen atoms in total. The third-order valence-electron chi connectivity index (χ3n) is 2.71. The Morgan fingerprint density at radius 1 is 1.14 bits per heavy atom. The van der Waals surface area contributed by atoms with Crippen LogP contribution in [0.4, 0.5) is 0 Å². The van der Waals surface area contributed by atoms with Crippen molar-refractivity contribution in [1.29, 1.82) is 5.26 Å². The van der Waals surface area contributed by atoms with E-state index in [-0.39, 0.29) is 5.41 Å². The molecule has 2 heteroatoms. The number of benzene rings is 1. The molecule has 70 valence electrons. The summed E-state index contributed by atoms with van der Waals surface area (Å²) in [6.45, 7) is 0. The molecule has 1 aliphatic carbocycles. The highest BCUT2D eigenvalue weighted by Crippen LogP contribution is 2.36. The van der Waals surface area contributed by atoms with Crippen LogP contribution in [0.15, 0.2) is 36.4 Å². The molecular formula is C12H10ClN. The fourth-order valence-electron chi connectivity index (χ4n) is 1.81. The Morgan fingerprint density at radius 2 is 1.71 bits per heavy atom. The van der Waals surface area contributed by atoms with Gasteiger partial charge in [0.05, 0.1) is 11.5 Å². The minimum absolute atomic E-state index is 0.343. The fourth-order valence-corrected chi connectivity index (χ4v) is 1.94. The summed E-state index contributed by atoms with van der Waals surface area (Å²) in [4.78, 5) is 0. The molecule has 0 saturated heterocycles. The monoisotopic (exact) mass is 203 g/mol. The lowest BCUT2D eigenvalue weighted by molar-refractivity contribution is 0.596. The van der Waals surface area contributed by atoms with Crippen LogP contribution in [-0.4, -0.2) is 0 Å². The molecule has 0 amide bonds. The molecule has 0 heterocycles. The first-order valence-corrected chi connectivity index (χ1v) is 4.97. The van der Waals surface area contributed by atoms with E-state index in [4.69, 9.17) is 11.6 Å². The molecule has 0 atom stereocenters. The van der Waals surface area contributed by atoms with Gasteiger partial charge in [-0.2, -0.15) is 5.26 Å². The summed E-state index contributed by atoms with van der Waals surface area (Å²) in [6, 6.07) is 9.98. The third kappa shape index (κ3) is 1.42. The smallest absolute Gasteiger partial charge is 0.0890 e. The first-order chi connectivity index (χ1) is 6.77. The van der Waals surface area contributed by atoms with Crippen molar-refractivity contribution in [2.24, 2.45) is 0 Å². The van der Waals surface area contributed by atoms with Crippen LogP contribution in [0, 0.1) is 11.3 Å². The SMILES string of the molecule is N#CC1(c2ccc(Cl)cc2)CC=CC1. The van der Waals surface area contributed by atoms with Gasteiger partial charge >= 0.3 is 0 Å². The molecular weight excluding hydrogens is 194 g/mol. The average Bonchev–Trinajstić information content (AvgIpc) is 2.68. The second-order valence-electron chi connectivity index (χ2n) is 3.58. The van der Waals surface area contributed by atoms with Crippen LogP contribution in [0.5, 0.6) is 0 Å². The predicted molar refractivity (Wildman–Crippen MR) is 57.1 cm³/mol. The molecule has 0 unspecified atom stereocenters. The number of hydrogen-bond acceptors (Lipinski definition) is 1. The molecule has 1 aromatic rings. The molecule has 14 heavy (non-hydrogen) atoms. The van der Waals surface area contributed by atoms with E-state index in [9.17, 15) is 5.26 Å². The fraction of sp³-hybridized carbons (Fsp3) is 0.250. The highest BCUT2D eigenvalue weighted by atomic mass is 35.5. The minimum atomic E-state index is -0.343. The first kappa shape index (κ1) is 9.30. The predicted octanol–water partition coefficient (Wildman–Crippen LogP) is 3.45. The quantitative estimate of drug-likeness (QED) is 0.642. The maximum absolute atomic E-state index is 9.22. The van der Waals surface area contributed by atoms with Crippen molar-refractivity contribution >= 4 is 11.6 Å². The van der Waals surface area contributed by atoms with Gasteiger partial charge in [-0.25, -0.2) is 0 Å². The Balaban J connectivity index is 2.38. The standard InChI is InChI=1S/C12H10ClN/c13-11-5-3-10(4-6-11)12(9-14)7-1-2-8-12/h1-6H,7-8H2. The molecule has 1 aromatic carbocycles. The van der Waals surface area contributed by atoms with Crippen LogP contribution in [0.1, 0.15) is 18.4 Å². The first-order valence-electron chi connectivity index (χ1n) is 4.59.